The second-order valence-electron chi connectivity index (χ2n) is 9.96. The first kappa shape index (κ1) is 26.8. The maximum atomic E-state index is 13.9. The van der Waals surface area contributed by atoms with Crippen LogP contribution in [-0.2, 0) is 16.0 Å². The summed E-state index contributed by atoms with van der Waals surface area (Å²) in [6, 6.07) is 20.9. The van der Waals surface area contributed by atoms with E-state index < -0.39 is 10.5 Å². The van der Waals surface area contributed by atoms with E-state index in [2.05, 4.69) is 10.3 Å². The van der Waals surface area contributed by atoms with Gasteiger partial charge in [0.15, 0.2) is 0 Å². The Kier molecular flexibility index (Phi) is 7.72. The van der Waals surface area contributed by atoms with Gasteiger partial charge in [0.25, 0.3) is 17.5 Å². The van der Waals surface area contributed by atoms with Crippen molar-refractivity contribution in [3.63, 3.8) is 0 Å². The number of pyridine rings is 1. The molecule has 2 aliphatic heterocycles. The van der Waals surface area contributed by atoms with Gasteiger partial charge in [-0.15, -0.1) is 0 Å². The van der Waals surface area contributed by atoms with Gasteiger partial charge in [-0.2, -0.15) is 0 Å². The van der Waals surface area contributed by atoms with Gasteiger partial charge in [-0.05, 0) is 43.2 Å². The third kappa shape index (κ3) is 5.49. The zero-order valence-corrected chi connectivity index (χ0v) is 21.9. The molecule has 2 saturated heterocycles. The Balaban J connectivity index is 1.27. The number of benzene rings is 2. The summed E-state index contributed by atoms with van der Waals surface area (Å²) < 4.78 is 0. The van der Waals surface area contributed by atoms with E-state index in [0.717, 1.165) is 11.4 Å². The molecule has 11 nitrogen and oxygen atoms in total. The van der Waals surface area contributed by atoms with Gasteiger partial charge in [-0.25, -0.2) is 0 Å². The lowest BCUT2D eigenvalue weighted by Gasteiger charge is -2.43. The quantitative estimate of drug-likeness (QED) is 0.342. The maximum absolute atomic E-state index is 13.9. The first-order valence-electron chi connectivity index (χ1n) is 13.2. The number of nitro groups is 1. The fraction of sp³-hybridized carbons (Fsp3) is 0.310. The number of hydrogen-bond acceptors (Lipinski definition) is 7. The molecule has 206 valence electrons. The van der Waals surface area contributed by atoms with Crippen molar-refractivity contribution in [3.05, 3.63) is 100 Å². The number of nitro benzene ring substituents is 1. The van der Waals surface area contributed by atoms with E-state index in [0.29, 0.717) is 38.9 Å². The van der Waals surface area contributed by atoms with Gasteiger partial charge in [0.2, 0.25) is 5.91 Å². The van der Waals surface area contributed by atoms with Crippen LogP contribution in [0.15, 0.2) is 79.0 Å². The van der Waals surface area contributed by atoms with Crippen molar-refractivity contribution in [1.29, 1.82) is 0 Å². The van der Waals surface area contributed by atoms with Crippen molar-refractivity contribution in [3.8, 4) is 0 Å². The molecule has 3 amide bonds. The molecular weight excluding hydrogens is 512 g/mol. The van der Waals surface area contributed by atoms with E-state index in [-0.39, 0.29) is 42.2 Å². The Labute approximate surface area is 231 Å². The second kappa shape index (κ2) is 11.5. The lowest BCUT2D eigenvalue weighted by atomic mass is 9.85. The van der Waals surface area contributed by atoms with Crippen LogP contribution in [0.1, 0.15) is 28.9 Å². The van der Waals surface area contributed by atoms with Gasteiger partial charge in [-0.1, -0.05) is 30.3 Å². The van der Waals surface area contributed by atoms with Crippen LogP contribution >= 0.6 is 0 Å². The summed E-state index contributed by atoms with van der Waals surface area (Å²) >= 11 is 0. The molecule has 11 heteroatoms. The standard InChI is InChI=1S/C29H30N6O5/c36-26(31-16-12-23-8-4-5-15-30-23)20-33-21-34(24-9-2-1-3-10-24)29(28(33)38)13-17-32(18-14-29)27(37)22-7-6-11-25(19-22)35(39)40/h1-11,15,19H,12-14,16-18,20-21H2,(H,31,36). The third-order valence-corrected chi connectivity index (χ3v) is 7.53. The molecule has 1 aromatic heterocycles. The topological polar surface area (TPSA) is 129 Å². The number of non-ortho nitro benzene ring substituents is 1. The summed E-state index contributed by atoms with van der Waals surface area (Å²) in [7, 11) is 0. The molecule has 40 heavy (non-hydrogen) atoms. The molecule has 1 N–H and O–H groups in total. The number of carbonyl (C=O) groups excluding carboxylic acids is 3. The summed E-state index contributed by atoms with van der Waals surface area (Å²) in [6.45, 7) is 1.22. The molecule has 2 aliphatic rings. The van der Waals surface area contributed by atoms with E-state index in [1.807, 2.05) is 53.4 Å². The zero-order chi connectivity index (χ0) is 28.1. The Bertz CT molecular complexity index is 1390. The van der Waals surface area contributed by atoms with E-state index in [4.69, 9.17) is 0 Å². The summed E-state index contributed by atoms with van der Waals surface area (Å²) in [5, 5.41) is 14.0. The Morgan fingerprint density at radius 2 is 1.75 bits per heavy atom. The number of likely N-dealkylation sites (tertiary alicyclic amines) is 1. The predicted octanol–water partition coefficient (Wildman–Crippen LogP) is 2.63. The van der Waals surface area contributed by atoms with Gasteiger partial charge in [-0.3, -0.25) is 29.5 Å². The molecular formula is C29H30N6O5. The van der Waals surface area contributed by atoms with Crippen LogP contribution < -0.4 is 10.2 Å². The first-order valence-corrected chi connectivity index (χ1v) is 13.2. The third-order valence-electron chi connectivity index (χ3n) is 7.53. The Morgan fingerprint density at radius 3 is 2.45 bits per heavy atom. The predicted molar refractivity (Wildman–Crippen MR) is 147 cm³/mol. The lowest BCUT2D eigenvalue weighted by molar-refractivity contribution is -0.384. The van der Waals surface area contributed by atoms with Crippen molar-refractivity contribution in [2.24, 2.45) is 0 Å². The van der Waals surface area contributed by atoms with Crippen molar-refractivity contribution < 1.29 is 19.3 Å². The van der Waals surface area contributed by atoms with E-state index in [1.165, 1.54) is 18.2 Å². The van der Waals surface area contributed by atoms with Crippen molar-refractivity contribution in [2.45, 2.75) is 24.8 Å². The lowest BCUT2D eigenvalue weighted by Crippen LogP contribution is -2.57. The number of carbonyl (C=O) groups is 3. The number of aromatic nitrogens is 1. The summed E-state index contributed by atoms with van der Waals surface area (Å²) in [5.74, 6) is -0.689. The Morgan fingerprint density at radius 1 is 1.00 bits per heavy atom. The molecule has 0 radical (unpaired) electrons. The molecule has 3 heterocycles. The molecule has 0 bridgehead atoms. The fourth-order valence-electron chi connectivity index (χ4n) is 5.44. The molecule has 2 aromatic carbocycles. The highest BCUT2D eigenvalue weighted by Gasteiger charge is 2.54. The second-order valence-corrected chi connectivity index (χ2v) is 9.96. The van der Waals surface area contributed by atoms with Gasteiger partial charge in [0.05, 0.1) is 11.6 Å². The maximum Gasteiger partial charge on any atom is 0.270 e. The number of nitrogens with one attached hydrogen (secondary N) is 1. The summed E-state index contributed by atoms with van der Waals surface area (Å²) in [4.78, 5) is 59.9. The van der Waals surface area contributed by atoms with Gasteiger partial charge >= 0.3 is 0 Å². The highest BCUT2D eigenvalue weighted by atomic mass is 16.6. The molecule has 3 aromatic rings. The van der Waals surface area contributed by atoms with Crippen LogP contribution in [0.3, 0.4) is 0 Å². The average molecular weight is 543 g/mol. The van der Waals surface area contributed by atoms with Gasteiger partial charge in [0.1, 0.15) is 12.1 Å². The van der Waals surface area contributed by atoms with Crippen LogP contribution in [0.4, 0.5) is 11.4 Å². The normalized spacial score (nSPS) is 16.3. The number of hydrogen-bond donors (Lipinski definition) is 1. The highest BCUT2D eigenvalue weighted by molar-refractivity contribution is 5.98. The minimum Gasteiger partial charge on any atom is -0.354 e. The smallest absolute Gasteiger partial charge is 0.270 e. The molecule has 0 saturated carbocycles. The number of piperidine rings is 1. The van der Waals surface area contributed by atoms with Crippen LogP contribution in [0.5, 0.6) is 0 Å². The Hall–Kier alpha value is -4.80. The monoisotopic (exact) mass is 542 g/mol. The first-order chi connectivity index (χ1) is 19.4. The molecule has 0 aliphatic carbocycles. The summed E-state index contributed by atoms with van der Waals surface area (Å²) in [6.07, 6.45) is 3.05. The minimum atomic E-state index is -0.894. The van der Waals surface area contributed by atoms with Gasteiger partial charge < -0.3 is 20.0 Å². The van der Waals surface area contributed by atoms with Crippen LogP contribution in [0, 0.1) is 10.1 Å². The molecule has 2 fully saturated rings. The molecule has 0 atom stereocenters. The molecule has 1 spiro atoms. The van der Waals surface area contributed by atoms with Crippen molar-refractivity contribution in [1.82, 2.24) is 20.1 Å². The zero-order valence-electron chi connectivity index (χ0n) is 21.9. The SMILES string of the molecule is O=C(CN1CN(c2ccccc2)C2(CCN(C(=O)c3cccc([N+](=O)[O-])c3)CC2)C1=O)NCCc1ccccn1. The number of amides is 3. The van der Waals surface area contributed by atoms with Crippen LogP contribution in [0.2, 0.25) is 0 Å². The highest BCUT2D eigenvalue weighted by Crippen LogP contribution is 2.39. The number of para-hydroxylation sites is 1. The van der Waals surface area contributed by atoms with Crippen molar-refractivity contribution >= 4 is 29.1 Å². The van der Waals surface area contributed by atoms with Crippen LogP contribution in [-0.4, -0.2) is 75.8 Å². The van der Waals surface area contributed by atoms with E-state index in [9.17, 15) is 24.5 Å². The fourth-order valence-corrected chi connectivity index (χ4v) is 5.44. The van der Waals surface area contributed by atoms with E-state index >= 15 is 0 Å². The largest absolute Gasteiger partial charge is 0.354 e. The minimum absolute atomic E-state index is 0.0670. The molecule has 0 unspecified atom stereocenters. The average Bonchev–Trinajstić information content (AvgIpc) is 3.24. The summed E-state index contributed by atoms with van der Waals surface area (Å²) in [5.41, 5.74) is 0.948. The number of nitrogens with zero attached hydrogens (tertiary/aromatic N) is 5. The van der Waals surface area contributed by atoms with Crippen molar-refractivity contribution in [2.75, 3.05) is 37.7 Å². The number of rotatable bonds is 8. The molecule has 5 rings (SSSR count). The number of anilines is 1. The van der Waals surface area contributed by atoms with E-state index in [1.54, 1.807) is 22.1 Å². The van der Waals surface area contributed by atoms with Gasteiger partial charge in [0, 0.05) is 61.3 Å². The van der Waals surface area contributed by atoms with Crippen LogP contribution in [0.25, 0.3) is 0 Å².